The van der Waals surface area contributed by atoms with Crippen LogP contribution in [0.5, 0.6) is 0 Å². The van der Waals surface area contributed by atoms with Crippen LogP contribution in [0.1, 0.15) is 23.7 Å². The first-order valence-electron chi connectivity index (χ1n) is 9.11. The van der Waals surface area contributed by atoms with Gasteiger partial charge in [-0.15, -0.1) is 18.2 Å². The number of rotatable bonds is 7. The number of benzene rings is 2. The number of terminal acetylenes is 1. The number of thiazole rings is 1. The molecule has 0 unspecified atom stereocenters. The molecular weight excluding hydrogens is 404 g/mol. The fraction of sp³-hybridized carbons (Fsp3) is 0.227. The van der Waals surface area contributed by atoms with Gasteiger partial charge >= 0.3 is 5.97 Å². The molecular formula is C22H20N2O3S2. The zero-order chi connectivity index (χ0) is 20.6. The molecule has 1 aromatic heterocycles. The van der Waals surface area contributed by atoms with Crippen LogP contribution in [0.3, 0.4) is 0 Å². The second-order valence-electron chi connectivity index (χ2n) is 5.99. The molecule has 5 nitrogen and oxygen atoms in total. The van der Waals surface area contributed by atoms with E-state index in [2.05, 4.69) is 10.9 Å². The Morgan fingerprint density at radius 3 is 2.76 bits per heavy atom. The highest BCUT2D eigenvalue weighted by Gasteiger charge is 2.12. The average molecular weight is 425 g/mol. The van der Waals surface area contributed by atoms with Crippen molar-refractivity contribution in [1.82, 2.24) is 4.57 Å². The van der Waals surface area contributed by atoms with E-state index in [0.717, 1.165) is 15.1 Å². The van der Waals surface area contributed by atoms with E-state index in [1.54, 1.807) is 30.8 Å². The largest absolute Gasteiger partial charge is 0.462 e. The molecule has 0 aliphatic carbocycles. The van der Waals surface area contributed by atoms with E-state index in [1.165, 1.54) is 11.3 Å². The first kappa shape index (κ1) is 20.9. The van der Waals surface area contributed by atoms with Crippen molar-refractivity contribution in [2.75, 3.05) is 12.4 Å². The lowest BCUT2D eigenvalue weighted by Crippen LogP contribution is -2.16. The second kappa shape index (κ2) is 10.1. The number of carbonyl (C=O) groups excluding carboxylic acids is 2. The van der Waals surface area contributed by atoms with Crippen LogP contribution in [-0.2, 0) is 16.1 Å². The molecule has 3 aromatic rings. The first-order chi connectivity index (χ1) is 14.1. The van der Waals surface area contributed by atoms with Crippen LogP contribution in [0, 0.1) is 12.3 Å². The predicted molar refractivity (Wildman–Crippen MR) is 117 cm³/mol. The van der Waals surface area contributed by atoms with Crippen LogP contribution < -0.4 is 4.80 Å². The van der Waals surface area contributed by atoms with Gasteiger partial charge < -0.3 is 9.30 Å². The number of ether oxygens (including phenoxy) is 1. The molecule has 0 fully saturated rings. The Labute approximate surface area is 177 Å². The van der Waals surface area contributed by atoms with E-state index < -0.39 is 0 Å². The summed E-state index contributed by atoms with van der Waals surface area (Å²) >= 11 is 2.96. The highest BCUT2D eigenvalue weighted by molar-refractivity contribution is 7.99. The normalized spacial score (nSPS) is 11.4. The van der Waals surface area contributed by atoms with Crippen molar-refractivity contribution in [2.24, 2.45) is 4.99 Å². The van der Waals surface area contributed by atoms with Crippen LogP contribution in [0.25, 0.3) is 10.2 Å². The molecule has 0 atom stereocenters. The molecule has 0 saturated carbocycles. The van der Waals surface area contributed by atoms with Crippen LogP contribution in [0.4, 0.5) is 0 Å². The molecule has 3 rings (SSSR count). The fourth-order valence-electron chi connectivity index (χ4n) is 2.68. The Morgan fingerprint density at radius 1 is 1.24 bits per heavy atom. The van der Waals surface area contributed by atoms with Gasteiger partial charge in [0.05, 0.1) is 28.9 Å². The summed E-state index contributed by atoms with van der Waals surface area (Å²) in [5.41, 5.74) is 1.30. The lowest BCUT2D eigenvalue weighted by molar-refractivity contribution is -0.117. The minimum absolute atomic E-state index is 0.198. The van der Waals surface area contributed by atoms with Gasteiger partial charge in [-0.3, -0.25) is 4.79 Å². The van der Waals surface area contributed by atoms with Gasteiger partial charge in [0.25, 0.3) is 0 Å². The average Bonchev–Trinajstić information content (AvgIpc) is 3.05. The highest BCUT2D eigenvalue weighted by Crippen LogP contribution is 2.21. The van der Waals surface area contributed by atoms with E-state index in [-0.39, 0.29) is 11.9 Å². The van der Waals surface area contributed by atoms with Crippen LogP contribution in [0.15, 0.2) is 58.4 Å². The van der Waals surface area contributed by atoms with Gasteiger partial charge in [-0.25, -0.2) is 4.79 Å². The topological polar surface area (TPSA) is 60.7 Å². The van der Waals surface area contributed by atoms with Gasteiger partial charge in [-0.05, 0) is 37.3 Å². The summed E-state index contributed by atoms with van der Waals surface area (Å²) in [6.07, 6.45) is 5.83. The Morgan fingerprint density at radius 2 is 2.03 bits per heavy atom. The van der Waals surface area contributed by atoms with Crippen molar-refractivity contribution in [2.45, 2.75) is 24.8 Å². The quantitative estimate of drug-likeness (QED) is 0.325. The third kappa shape index (κ3) is 5.37. The minimum Gasteiger partial charge on any atom is -0.462 e. The number of nitrogens with zero attached hydrogens (tertiary/aromatic N) is 2. The summed E-state index contributed by atoms with van der Waals surface area (Å²) in [6.45, 7) is 2.37. The Hall–Kier alpha value is -2.82. The molecule has 0 bridgehead atoms. The minimum atomic E-state index is -0.376. The third-order valence-corrected chi connectivity index (χ3v) is 6.05. The van der Waals surface area contributed by atoms with Gasteiger partial charge in [0.15, 0.2) is 4.80 Å². The molecule has 1 heterocycles. The van der Waals surface area contributed by atoms with Gasteiger partial charge in [0.2, 0.25) is 5.91 Å². The van der Waals surface area contributed by atoms with E-state index in [4.69, 9.17) is 11.2 Å². The molecule has 0 spiro atoms. The van der Waals surface area contributed by atoms with Crippen LogP contribution >= 0.6 is 23.1 Å². The maximum atomic E-state index is 12.4. The number of carbonyl (C=O) groups is 2. The van der Waals surface area contributed by atoms with E-state index in [9.17, 15) is 9.59 Å². The molecule has 0 aliphatic rings. The number of fused-ring (bicyclic) bond motifs is 1. The van der Waals surface area contributed by atoms with E-state index in [0.29, 0.717) is 35.7 Å². The summed E-state index contributed by atoms with van der Waals surface area (Å²) in [4.78, 5) is 30.3. The van der Waals surface area contributed by atoms with Crippen molar-refractivity contribution in [3.05, 3.63) is 58.9 Å². The summed E-state index contributed by atoms with van der Waals surface area (Å²) in [5, 5.41) is 0. The number of thioether (sulfide) groups is 1. The van der Waals surface area contributed by atoms with Crippen LogP contribution in [0.2, 0.25) is 0 Å². The number of amides is 1. The summed E-state index contributed by atoms with van der Waals surface area (Å²) in [7, 11) is 0. The van der Waals surface area contributed by atoms with Gasteiger partial charge in [0, 0.05) is 17.1 Å². The number of hydrogen-bond acceptors (Lipinski definition) is 5. The summed E-state index contributed by atoms with van der Waals surface area (Å²) in [6, 6.07) is 15.2. The highest BCUT2D eigenvalue weighted by atomic mass is 32.2. The second-order valence-corrected chi connectivity index (χ2v) is 8.17. The van der Waals surface area contributed by atoms with E-state index >= 15 is 0 Å². The maximum absolute atomic E-state index is 12.4. The molecule has 0 saturated heterocycles. The van der Waals surface area contributed by atoms with Crippen molar-refractivity contribution in [3.8, 4) is 12.3 Å². The predicted octanol–water partition coefficient (Wildman–Crippen LogP) is 4.12. The molecule has 0 N–H and O–H groups in total. The SMILES string of the molecule is C#CCn1c(=NC(=O)CCSc2ccccc2)sc2cc(C(=O)OCC)ccc21. The fourth-order valence-corrected chi connectivity index (χ4v) is 4.63. The van der Waals surface area contributed by atoms with Gasteiger partial charge in [-0.2, -0.15) is 4.99 Å². The Bertz CT molecular complexity index is 1120. The first-order valence-corrected chi connectivity index (χ1v) is 10.9. The Balaban J connectivity index is 1.82. The van der Waals surface area contributed by atoms with E-state index in [1.807, 2.05) is 41.0 Å². The Kier molecular flexibility index (Phi) is 7.28. The maximum Gasteiger partial charge on any atom is 0.338 e. The summed E-state index contributed by atoms with van der Waals surface area (Å²) < 4.78 is 7.70. The monoisotopic (exact) mass is 424 g/mol. The van der Waals surface area contributed by atoms with Crippen molar-refractivity contribution < 1.29 is 14.3 Å². The number of aromatic nitrogens is 1. The van der Waals surface area contributed by atoms with Crippen molar-refractivity contribution in [3.63, 3.8) is 0 Å². The molecule has 148 valence electrons. The van der Waals surface area contributed by atoms with Gasteiger partial charge in [0.1, 0.15) is 0 Å². The number of hydrogen-bond donors (Lipinski definition) is 0. The summed E-state index contributed by atoms with van der Waals surface area (Å²) in [5.74, 6) is 2.68. The molecule has 1 amide bonds. The lowest BCUT2D eigenvalue weighted by atomic mass is 10.2. The smallest absolute Gasteiger partial charge is 0.338 e. The molecule has 2 aromatic carbocycles. The zero-order valence-corrected chi connectivity index (χ0v) is 17.6. The van der Waals surface area contributed by atoms with Crippen molar-refractivity contribution in [1.29, 1.82) is 0 Å². The molecule has 0 aliphatic heterocycles. The third-order valence-electron chi connectivity index (χ3n) is 3.99. The van der Waals surface area contributed by atoms with Crippen molar-refractivity contribution >= 4 is 45.2 Å². The molecule has 29 heavy (non-hydrogen) atoms. The zero-order valence-electron chi connectivity index (χ0n) is 16.0. The number of esters is 1. The lowest BCUT2D eigenvalue weighted by Gasteiger charge is -2.03. The molecule has 0 radical (unpaired) electrons. The van der Waals surface area contributed by atoms with Crippen LogP contribution in [-0.4, -0.2) is 28.8 Å². The van der Waals surface area contributed by atoms with Gasteiger partial charge in [-0.1, -0.05) is 35.5 Å². The molecule has 7 heteroatoms. The standard InChI is InChI=1S/C22H20N2O3S2/c1-3-13-24-18-11-10-16(21(26)27-4-2)15-19(18)29-22(24)23-20(25)12-14-28-17-8-6-5-7-9-17/h1,5-11,15H,4,12-14H2,2H3.